The van der Waals surface area contributed by atoms with Crippen LogP contribution < -0.4 is 10.6 Å². The third kappa shape index (κ3) is 9.25. The molecule has 0 radical (unpaired) electrons. The molecule has 21 heavy (non-hydrogen) atoms. The number of hydrogen-bond donors (Lipinski definition) is 3. The molecule has 0 bridgehead atoms. The zero-order valence-corrected chi connectivity index (χ0v) is 12.2. The Hall–Kier alpha value is -2.32. The Bertz CT molecular complexity index is 385. The minimum atomic E-state index is -1.18. The monoisotopic (exact) mass is 303 g/mol. The molecular formula is C12H21N3O6. The molecule has 3 N–H and O–H groups in total. The fourth-order valence-electron chi connectivity index (χ4n) is 1.39. The van der Waals surface area contributed by atoms with Crippen LogP contribution in [0.2, 0.25) is 0 Å². The summed E-state index contributed by atoms with van der Waals surface area (Å²) in [6.45, 7) is 2.97. The molecular weight excluding hydrogens is 282 g/mol. The number of nitrogens with zero attached hydrogens (tertiary/aromatic N) is 1. The average Bonchev–Trinajstić information content (AvgIpc) is 2.42. The van der Waals surface area contributed by atoms with Crippen molar-refractivity contribution in [2.75, 3.05) is 32.8 Å². The van der Waals surface area contributed by atoms with Crippen molar-refractivity contribution >= 4 is 23.9 Å². The van der Waals surface area contributed by atoms with E-state index in [2.05, 4.69) is 10.6 Å². The van der Waals surface area contributed by atoms with Gasteiger partial charge in [-0.15, -0.1) is 0 Å². The molecule has 0 aliphatic rings. The third-order valence-corrected chi connectivity index (χ3v) is 2.24. The number of amides is 3. The van der Waals surface area contributed by atoms with Gasteiger partial charge in [0.15, 0.2) is 0 Å². The lowest BCUT2D eigenvalue weighted by molar-refractivity contribution is -0.143. The second kappa shape index (κ2) is 10.5. The molecule has 0 aromatic rings. The van der Waals surface area contributed by atoms with Crippen molar-refractivity contribution < 1.29 is 29.0 Å². The van der Waals surface area contributed by atoms with Crippen LogP contribution in [0.15, 0.2) is 0 Å². The van der Waals surface area contributed by atoms with Crippen LogP contribution in [0.5, 0.6) is 0 Å². The summed E-state index contributed by atoms with van der Waals surface area (Å²) < 4.78 is 4.75. The average molecular weight is 303 g/mol. The van der Waals surface area contributed by atoms with Crippen molar-refractivity contribution in [2.45, 2.75) is 20.3 Å². The number of carboxylic acid groups (broad SMARTS) is 1. The molecule has 0 fully saturated rings. The maximum atomic E-state index is 11.8. The van der Waals surface area contributed by atoms with Crippen LogP contribution in [0.3, 0.4) is 0 Å². The Morgan fingerprint density at radius 1 is 1.10 bits per heavy atom. The minimum Gasteiger partial charge on any atom is -0.480 e. The number of carbonyl (C=O) groups excluding carboxylic acids is 3. The number of hydrogen-bond acceptors (Lipinski definition) is 5. The molecule has 0 aromatic carbocycles. The van der Waals surface area contributed by atoms with Gasteiger partial charge < -0.3 is 25.4 Å². The number of carboxylic acids is 1. The number of nitrogens with one attached hydrogen (secondary N) is 2. The van der Waals surface area contributed by atoms with Crippen molar-refractivity contribution in [3.63, 3.8) is 0 Å². The van der Waals surface area contributed by atoms with Crippen molar-refractivity contribution in [1.82, 2.24) is 15.5 Å². The number of ether oxygens (including phenoxy) is 1. The Morgan fingerprint density at radius 3 is 2.29 bits per heavy atom. The van der Waals surface area contributed by atoms with Gasteiger partial charge >= 0.3 is 18.0 Å². The molecule has 0 aliphatic heterocycles. The van der Waals surface area contributed by atoms with Gasteiger partial charge in [0, 0.05) is 6.54 Å². The van der Waals surface area contributed by atoms with E-state index in [4.69, 9.17) is 9.84 Å². The fourth-order valence-corrected chi connectivity index (χ4v) is 1.39. The van der Waals surface area contributed by atoms with E-state index in [9.17, 15) is 19.2 Å². The summed E-state index contributed by atoms with van der Waals surface area (Å²) in [6.07, 6.45) is 0.637. The van der Waals surface area contributed by atoms with Crippen molar-refractivity contribution in [2.24, 2.45) is 0 Å². The van der Waals surface area contributed by atoms with Crippen LogP contribution in [0.4, 0.5) is 4.79 Å². The van der Waals surface area contributed by atoms with Gasteiger partial charge in [0.1, 0.15) is 13.1 Å². The van der Waals surface area contributed by atoms with E-state index in [1.807, 2.05) is 6.92 Å². The van der Waals surface area contributed by atoms with Gasteiger partial charge in [0.25, 0.3) is 0 Å². The number of aliphatic carboxylic acids is 1. The molecule has 0 atom stereocenters. The van der Waals surface area contributed by atoms with Crippen LogP contribution >= 0.6 is 0 Å². The van der Waals surface area contributed by atoms with E-state index >= 15 is 0 Å². The summed E-state index contributed by atoms with van der Waals surface area (Å²) in [5, 5.41) is 12.8. The SMILES string of the molecule is CCCN(CC(=O)OCC)C(=O)NCC(=O)NCC(=O)O. The number of urea groups is 1. The molecule has 0 saturated carbocycles. The Kier molecular flexibility index (Phi) is 9.31. The highest BCUT2D eigenvalue weighted by molar-refractivity contribution is 5.87. The summed E-state index contributed by atoms with van der Waals surface area (Å²) in [5.74, 6) is -2.33. The first-order valence-electron chi connectivity index (χ1n) is 6.57. The normalized spacial score (nSPS) is 9.62. The molecule has 0 saturated heterocycles. The summed E-state index contributed by atoms with van der Waals surface area (Å²) in [5.41, 5.74) is 0. The zero-order valence-electron chi connectivity index (χ0n) is 12.2. The van der Waals surface area contributed by atoms with Gasteiger partial charge in [0.2, 0.25) is 5.91 Å². The summed E-state index contributed by atoms with van der Waals surface area (Å²) in [6, 6.07) is -0.588. The number of esters is 1. The van der Waals surface area contributed by atoms with Gasteiger partial charge in [0.05, 0.1) is 13.2 Å². The molecule has 0 aliphatic carbocycles. The van der Waals surface area contributed by atoms with E-state index in [1.54, 1.807) is 6.92 Å². The Balaban J connectivity index is 4.25. The molecule has 0 aromatic heterocycles. The Morgan fingerprint density at radius 2 is 1.76 bits per heavy atom. The van der Waals surface area contributed by atoms with Gasteiger partial charge in [-0.2, -0.15) is 0 Å². The first-order chi connectivity index (χ1) is 9.90. The molecule has 0 unspecified atom stereocenters. The van der Waals surface area contributed by atoms with Crippen LogP contribution in [-0.4, -0.2) is 66.7 Å². The standard InChI is InChI=1S/C12H21N3O6/c1-3-5-15(8-11(19)21-4-2)12(20)14-6-9(16)13-7-10(17)18/h3-8H2,1-2H3,(H,13,16)(H,14,20)(H,17,18). The van der Waals surface area contributed by atoms with Gasteiger partial charge in [-0.25, -0.2) is 4.79 Å². The highest BCUT2D eigenvalue weighted by Gasteiger charge is 2.17. The quantitative estimate of drug-likeness (QED) is 0.478. The second-order valence-corrected chi connectivity index (χ2v) is 4.06. The molecule has 0 spiro atoms. The van der Waals surface area contributed by atoms with Crippen molar-refractivity contribution in [1.29, 1.82) is 0 Å². The fraction of sp³-hybridized carbons (Fsp3) is 0.667. The van der Waals surface area contributed by atoms with Gasteiger partial charge in [-0.1, -0.05) is 6.92 Å². The molecule has 3 amide bonds. The molecule has 120 valence electrons. The maximum absolute atomic E-state index is 11.8. The van der Waals surface area contributed by atoms with Crippen molar-refractivity contribution in [3.05, 3.63) is 0 Å². The highest BCUT2D eigenvalue weighted by atomic mass is 16.5. The lowest BCUT2D eigenvalue weighted by atomic mass is 10.4. The van der Waals surface area contributed by atoms with Crippen molar-refractivity contribution in [3.8, 4) is 0 Å². The molecule has 0 heterocycles. The Labute approximate surface area is 122 Å². The largest absolute Gasteiger partial charge is 0.480 e. The topological polar surface area (TPSA) is 125 Å². The summed E-state index contributed by atoms with van der Waals surface area (Å²) in [7, 11) is 0. The van der Waals surface area contributed by atoms with E-state index in [0.29, 0.717) is 13.0 Å². The van der Waals surface area contributed by atoms with E-state index < -0.39 is 30.4 Å². The number of rotatable bonds is 9. The summed E-state index contributed by atoms with van der Waals surface area (Å²) in [4.78, 5) is 45.9. The van der Waals surface area contributed by atoms with Crippen LogP contribution in [0.25, 0.3) is 0 Å². The lowest BCUT2D eigenvalue weighted by Gasteiger charge is -2.21. The maximum Gasteiger partial charge on any atom is 0.325 e. The highest BCUT2D eigenvalue weighted by Crippen LogP contribution is 1.94. The molecule has 9 nitrogen and oxygen atoms in total. The number of carbonyl (C=O) groups is 4. The van der Waals surface area contributed by atoms with E-state index in [1.165, 1.54) is 4.90 Å². The van der Waals surface area contributed by atoms with Gasteiger partial charge in [-0.05, 0) is 13.3 Å². The van der Waals surface area contributed by atoms with Gasteiger partial charge in [-0.3, -0.25) is 14.4 Å². The zero-order chi connectivity index (χ0) is 16.3. The lowest BCUT2D eigenvalue weighted by Crippen LogP contribution is -2.47. The predicted molar refractivity (Wildman–Crippen MR) is 72.5 cm³/mol. The van der Waals surface area contributed by atoms with Crippen LogP contribution in [-0.2, 0) is 19.1 Å². The molecule has 9 heteroatoms. The van der Waals surface area contributed by atoms with E-state index in [0.717, 1.165) is 0 Å². The molecule has 0 rings (SSSR count). The van der Waals surface area contributed by atoms with Crippen LogP contribution in [0.1, 0.15) is 20.3 Å². The van der Waals surface area contributed by atoms with E-state index in [-0.39, 0.29) is 19.7 Å². The predicted octanol–water partition coefficient (Wildman–Crippen LogP) is -0.828. The van der Waals surface area contributed by atoms with Crippen LogP contribution in [0, 0.1) is 0 Å². The minimum absolute atomic E-state index is 0.204. The third-order valence-electron chi connectivity index (χ3n) is 2.24. The summed E-state index contributed by atoms with van der Waals surface area (Å²) >= 11 is 0. The second-order valence-electron chi connectivity index (χ2n) is 4.06. The first-order valence-corrected chi connectivity index (χ1v) is 6.57. The first kappa shape index (κ1) is 18.7. The smallest absolute Gasteiger partial charge is 0.325 e.